The summed E-state index contributed by atoms with van der Waals surface area (Å²) in [5, 5.41) is 22.0. The lowest BCUT2D eigenvalue weighted by atomic mass is 10.1. The van der Waals surface area contributed by atoms with Crippen LogP contribution in [-0.2, 0) is 0 Å². The van der Waals surface area contributed by atoms with Crippen LogP contribution in [0, 0.1) is 13.5 Å². The number of hydrogen-bond donors (Lipinski definition) is 2. The molecule has 0 atom stereocenters. The molecule has 1 heterocycles. The van der Waals surface area contributed by atoms with Gasteiger partial charge in [0.25, 0.3) is 0 Å². The Morgan fingerprint density at radius 3 is 2.15 bits per heavy atom. The maximum atomic E-state index is 11.0. The third-order valence-corrected chi connectivity index (χ3v) is 2.76. The molecule has 0 radical (unpaired) electrons. The summed E-state index contributed by atoms with van der Waals surface area (Å²) < 4.78 is 1.34. The third kappa shape index (κ3) is 2.22. The van der Waals surface area contributed by atoms with Crippen LogP contribution in [0.4, 0.5) is 5.69 Å². The van der Waals surface area contributed by atoms with Gasteiger partial charge in [-0.3, -0.25) is 0 Å². The van der Waals surface area contributed by atoms with Crippen molar-refractivity contribution in [3.8, 4) is 5.69 Å². The van der Waals surface area contributed by atoms with Crippen molar-refractivity contribution in [3.05, 3.63) is 52.6 Å². The van der Waals surface area contributed by atoms with E-state index in [1.807, 2.05) is 0 Å². The van der Waals surface area contributed by atoms with Crippen LogP contribution in [-0.4, -0.2) is 31.9 Å². The van der Waals surface area contributed by atoms with Gasteiger partial charge < -0.3 is 10.2 Å². The topological polar surface area (TPSA) is 96.8 Å². The molecule has 0 fully saturated rings. The zero-order valence-corrected chi connectivity index (χ0v) is 10.4. The van der Waals surface area contributed by atoms with E-state index in [-0.39, 0.29) is 16.8 Å². The summed E-state index contributed by atoms with van der Waals surface area (Å²) in [6.07, 6.45) is 1.34. The van der Waals surface area contributed by atoms with Crippen LogP contribution in [0.25, 0.3) is 10.5 Å². The lowest BCUT2D eigenvalue weighted by Crippen LogP contribution is -2.07. The van der Waals surface area contributed by atoms with Crippen LogP contribution in [0.15, 0.2) is 24.4 Å². The molecule has 20 heavy (non-hydrogen) atoms. The Labute approximate surface area is 113 Å². The highest BCUT2D eigenvalue weighted by Crippen LogP contribution is 2.22. The summed E-state index contributed by atoms with van der Waals surface area (Å²) >= 11 is 0. The molecule has 7 heteroatoms. The van der Waals surface area contributed by atoms with E-state index in [1.54, 1.807) is 6.92 Å². The van der Waals surface area contributed by atoms with Gasteiger partial charge in [-0.15, -0.1) is 0 Å². The van der Waals surface area contributed by atoms with Gasteiger partial charge in [0.1, 0.15) is 0 Å². The quantitative estimate of drug-likeness (QED) is 0.833. The SMILES string of the molecule is [C-]#[N+]c1cnn(-c2cc(C(=O)O)cc(C(=O)O)c2)c1C. The minimum absolute atomic E-state index is 0.154. The number of rotatable bonds is 3. The number of nitrogens with zero attached hydrogens (tertiary/aromatic N) is 3. The van der Waals surface area contributed by atoms with E-state index < -0.39 is 11.9 Å². The molecule has 0 saturated heterocycles. The minimum Gasteiger partial charge on any atom is -0.478 e. The summed E-state index contributed by atoms with van der Waals surface area (Å²) in [5.74, 6) is -2.46. The predicted octanol–water partition coefficient (Wildman–Crippen LogP) is 2.13. The molecule has 0 aliphatic heterocycles. The van der Waals surface area contributed by atoms with E-state index in [0.717, 1.165) is 6.07 Å². The van der Waals surface area contributed by atoms with Crippen molar-refractivity contribution in [3.63, 3.8) is 0 Å². The van der Waals surface area contributed by atoms with Gasteiger partial charge >= 0.3 is 11.9 Å². The van der Waals surface area contributed by atoms with Gasteiger partial charge in [0.15, 0.2) is 0 Å². The fraction of sp³-hybridized carbons (Fsp3) is 0.0769. The second kappa shape index (κ2) is 4.85. The molecule has 2 rings (SSSR count). The number of benzene rings is 1. The van der Waals surface area contributed by atoms with Crippen molar-refractivity contribution in [2.45, 2.75) is 6.92 Å². The maximum absolute atomic E-state index is 11.0. The normalized spacial score (nSPS) is 10.0. The average Bonchev–Trinajstić information content (AvgIpc) is 2.79. The number of carboxylic acids is 2. The van der Waals surface area contributed by atoms with Gasteiger partial charge in [-0.05, 0) is 25.1 Å². The fourth-order valence-corrected chi connectivity index (χ4v) is 1.75. The summed E-state index contributed by atoms with van der Waals surface area (Å²) in [4.78, 5) is 25.3. The number of hydrogen-bond acceptors (Lipinski definition) is 3. The Bertz CT molecular complexity index is 723. The zero-order chi connectivity index (χ0) is 14.9. The molecule has 7 nitrogen and oxygen atoms in total. The Kier molecular flexibility index (Phi) is 3.23. The highest BCUT2D eigenvalue weighted by Gasteiger charge is 2.14. The van der Waals surface area contributed by atoms with Gasteiger partial charge in [0, 0.05) is 5.69 Å². The van der Waals surface area contributed by atoms with Crippen molar-refractivity contribution in [1.82, 2.24) is 9.78 Å². The number of carbonyl (C=O) groups is 2. The molecule has 1 aromatic carbocycles. The van der Waals surface area contributed by atoms with Crippen molar-refractivity contribution in [2.75, 3.05) is 0 Å². The predicted molar refractivity (Wildman–Crippen MR) is 68.5 cm³/mol. The summed E-state index contributed by atoms with van der Waals surface area (Å²) in [5.41, 5.74) is 0.814. The lowest BCUT2D eigenvalue weighted by molar-refractivity contribution is 0.0696. The molecular weight excluding hydrogens is 262 g/mol. The van der Waals surface area contributed by atoms with Crippen molar-refractivity contribution in [1.29, 1.82) is 0 Å². The molecule has 1 aromatic heterocycles. The van der Waals surface area contributed by atoms with Crippen LogP contribution < -0.4 is 0 Å². The van der Waals surface area contributed by atoms with Gasteiger partial charge in [-0.2, -0.15) is 5.10 Å². The van der Waals surface area contributed by atoms with Crippen molar-refractivity contribution in [2.24, 2.45) is 0 Å². The second-order valence-electron chi connectivity index (χ2n) is 4.02. The smallest absolute Gasteiger partial charge is 0.335 e. The standard InChI is InChI=1S/C13H9N3O4/c1-7-11(14-2)6-15-16(7)10-4-8(12(17)18)3-9(5-10)13(19)20/h3-6H,1H3,(H,17,18)(H,19,20). The summed E-state index contributed by atoms with van der Waals surface area (Å²) in [6, 6.07) is 3.69. The highest BCUT2D eigenvalue weighted by atomic mass is 16.4. The van der Waals surface area contributed by atoms with Gasteiger partial charge in [0.05, 0.1) is 29.6 Å². The molecule has 0 bridgehead atoms. The van der Waals surface area contributed by atoms with Crippen LogP contribution in [0.3, 0.4) is 0 Å². The minimum atomic E-state index is -1.23. The van der Waals surface area contributed by atoms with E-state index in [4.69, 9.17) is 16.8 Å². The van der Waals surface area contributed by atoms with Crippen LogP contribution in [0.1, 0.15) is 26.4 Å². The van der Waals surface area contributed by atoms with Crippen LogP contribution in [0.2, 0.25) is 0 Å². The Balaban J connectivity index is 2.67. The molecule has 0 aliphatic rings. The van der Waals surface area contributed by atoms with Crippen LogP contribution >= 0.6 is 0 Å². The van der Waals surface area contributed by atoms with E-state index in [2.05, 4.69) is 9.94 Å². The first kappa shape index (κ1) is 13.3. The molecule has 100 valence electrons. The lowest BCUT2D eigenvalue weighted by Gasteiger charge is -2.08. The van der Waals surface area contributed by atoms with Gasteiger partial charge in [-0.25, -0.2) is 19.1 Å². The molecule has 2 N–H and O–H groups in total. The van der Waals surface area contributed by atoms with Crippen molar-refractivity contribution >= 4 is 17.6 Å². The molecule has 2 aromatic rings. The van der Waals surface area contributed by atoms with E-state index in [0.29, 0.717) is 11.4 Å². The molecule has 0 spiro atoms. The monoisotopic (exact) mass is 271 g/mol. The van der Waals surface area contributed by atoms with Gasteiger partial charge in [0.2, 0.25) is 5.69 Å². The fourth-order valence-electron chi connectivity index (χ4n) is 1.75. The van der Waals surface area contributed by atoms with E-state index >= 15 is 0 Å². The largest absolute Gasteiger partial charge is 0.478 e. The number of carboxylic acid groups (broad SMARTS) is 2. The summed E-state index contributed by atoms with van der Waals surface area (Å²) in [6.45, 7) is 8.61. The first-order valence-corrected chi connectivity index (χ1v) is 5.48. The molecule has 0 unspecified atom stereocenters. The van der Waals surface area contributed by atoms with Crippen LogP contribution in [0.5, 0.6) is 0 Å². The van der Waals surface area contributed by atoms with E-state index in [9.17, 15) is 9.59 Å². The third-order valence-electron chi connectivity index (χ3n) is 2.76. The number of aromatic carboxylic acids is 2. The molecule has 0 aliphatic carbocycles. The van der Waals surface area contributed by atoms with E-state index in [1.165, 1.54) is 23.0 Å². The number of aromatic nitrogens is 2. The second-order valence-corrected chi connectivity index (χ2v) is 4.02. The molecule has 0 amide bonds. The van der Waals surface area contributed by atoms with Gasteiger partial charge in [-0.1, -0.05) is 0 Å². The first-order valence-electron chi connectivity index (χ1n) is 5.48. The highest BCUT2D eigenvalue weighted by molar-refractivity contribution is 5.94. The zero-order valence-electron chi connectivity index (χ0n) is 10.4. The Hall–Kier alpha value is -3.14. The Morgan fingerprint density at radius 2 is 1.75 bits per heavy atom. The Morgan fingerprint density at radius 1 is 1.20 bits per heavy atom. The molecular formula is C13H9N3O4. The average molecular weight is 271 g/mol. The first-order chi connectivity index (χ1) is 9.43. The molecule has 0 saturated carbocycles. The maximum Gasteiger partial charge on any atom is 0.335 e. The van der Waals surface area contributed by atoms with Crippen molar-refractivity contribution < 1.29 is 19.8 Å². The summed E-state index contributed by atoms with van der Waals surface area (Å²) in [7, 11) is 0.